The van der Waals surface area contributed by atoms with Crippen LogP contribution in [-0.2, 0) is 16.1 Å². The lowest BCUT2D eigenvalue weighted by Gasteiger charge is -2.21. The second-order valence-electron chi connectivity index (χ2n) is 7.19. The van der Waals surface area contributed by atoms with Gasteiger partial charge in [0.1, 0.15) is 17.3 Å². The van der Waals surface area contributed by atoms with Gasteiger partial charge in [-0.3, -0.25) is 19.7 Å². The molecule has 1 atom stereocenters. The number of piperidine rings is 1. The molecule has 11 heteroatoms. The highest BCUT2D eigenvalue weighted by molar-refractivity contribution is 5.99. The first-order valence-electron chi connectivity index (χ1n) is 9.85. The molecule has 1 aromatic heterocycles. The molecule has 11 nitrogen and oxygen atoms in total. The number of methoxy groups -OCH3 is 1. The molecular weight excluding hydrogens is 416 g/mol. The first-order valence-corrected chi connectivity index (χ1v) is 9.85. The molecule has 0 spiro atoms. The van der Waals surface area contributed by atoms with Crippen molar-refractivity contribution < 1.29 is 19.1 Å². The van der Waals surface area contributed by atoms with Crippen LogP contribution in [0.25, 0.3) is 10.9 Å². The number of rotatable bonds is 5. The molecule has 0 saturated carbocycles. The Hall–Kier alpha value is -4.28. The highest BCUT2D eigenvalue weighted by Crippen LogP contribution is 2.17. The monoisotopic (exact) mass is 436 g/mol. The minimum absolute atomic E-state index is 0.121. The van der Waals surface area contributed by atoms with Crippen LogP contribution in [0.1, 0.15) is 24.4 Å². The molecule has 0 bridgehead atoms. The second-order valence-corrected chi connectivity index (χ2v) is 7.19. The molecule has 164 valence electrons. The van der Waals surface area contributed by atoms with Crippen molar-refractivity contribution >= 4 is 34.4 Å². The molecular formula is C21H20N6O5. The van der Waals surface area contributed by atoms with E-state index in [1.165, 1.54) is 0 Å². The maximum atomic E-state index is 12.9. The van der Waals surface area contributed by atoms with Crippen LogP contribution in [0.5, 0.6) is 5.75 Å². The maximum Gasteiger partial charge on any atom is 0.319 e. The first kappa shape index (κ1) is 21.0. The van der Waals surface area contributed by atoms with Gasteiger partial charge < -0.3 is 15.4 Å². The molecule has 0 aliphatic carbocycles. The van der Waals surface area contributed by atoms with E-state index in [-0.39, 0.29) is 30.7 Å². The quantitative estimate of drug-likeness (QED) is 0.508. The Balaban J connectivity index is 1.48. The molecule has 1 aliphatic rings. The zero-order valence-electron chi connectivity index (χ0n) is 17.1. The van der Waals surface area contributed by atoms with Gasteiger partial charge in [-0.1, -0.05) is 11.3 Å². The van der Waals surface area contributed by atoms with Crippen molar-refractivity contribution in [3.8, 4) is 5.75 Å². The molecule has 3 aromatic rings. The Bertz CT molecular complexity index is 1250. The number of benzene rings is 2. The molecule has 1 aliphatic heterocycles. The number of amides is 4. The van der Waals surface area contributed by atoms with Crippen molar-refractivity contribution in [1.82, 2.24) is 25.6 Å². The fraction of sp³-hybridized carbons (Fsp3) is 0.238. The number of nitrogens with one attached hydrogen (secondary N) is 3. The van der Waals surface area contributed by atoms with Crippen LogP contribution in [-0.4, -0.2) is 39.9 Å². The van der Waals surface area contributed by atoms with E-state index in [1.54, 1.807) is 49.6 Å². The van der Waals surface area contributed by atoms with Crippen LogP contribution in [0, 0.1) is 0 Å². The average molecular weight is 436 g/mol. The van der Waals surface area contributed by atoms with Crippen LogP contribution in [0.4, 0.5) is 10.5 Å². The van der Waals surface area contributed by atoms with Crippen molar-refractivity contribution in [2.45, 2.75) is 25.4 Å². The topological polar surface area (TPSA) is 144 Å². The number of carbonyl (C=O) groups is 3. The fourth-order valence-electron chi connectivity index (χ4n) is 3.36. The van der Waals surface area contributed by atoms with Gasteiger partial charge in [0.2, 0.25) is 5.91 Å². The Kier molecular flexibility index (Phi) is 5.79. The van der Waals surface area contributed by atoms with E-state index >= 15 is 0 Å². The number of anilines is 1. The molecule has 2 heterocycles. The molecule has 1 unspecified atom stereocenters. The number of carbonyl (C=O) groups excluding carboxylic acids is 3. The number of imide groups is 1. The predicted molar refractivity (Wildman–Crippen MR) is 114 cm³/mol. The Labute approximate surface area is 181 Å². The highest BCUT2D eigenvalue weighted by atomic mass is 16.5. The lowest BCUT2D eigenvalue weighted by Crippen LogP contribution is -2.45. The summed E-state index contributed by atoms with van der Waals surface area (Å²) in [5, 5.41) is 15.8. The lowest BCUT2D eigenvalue weighted by atomic mass is 10.1. The minimum Gasteiger partial charge on any atom is -0.497 e. The zero-order chi connectivity index (χ0) is 22.7. The van der Waals surface area contributed by atoms with E-state index in [1.807, 2.05) is 0 Å². The van der Waals surface area contributed by atoms with Gasteiger partial charge in [0, 0.05) is 18.7 Å². The molecule has 1 saturated heterocycles. The van der Waals surface area contributed by atoms with Crippen molar-refractivity contribution in [3.05, 3.63) is 58.4 Å². The molecule has 32 heavy (non-hydrogen) atoms. The summed E-state index contributed by atoms with van der Waals surface area (Å²) in [7, 11) is 1.56. The number of ether oxygens (including phenoxy) is 1. The second kappa shape index (κ2) is 8.84. The van der Waals surface area contributed by atoms with E-state index in [9.17, 15) is 19.2 Å². The zero-order valence-corrected chi connectivity index (χ0v) is 17.1. The van der Waals surface area contributed by atoms with Gasteiger partial charge in [0.05, 0.1) is 12.5 Å². The van der Waals surface area contributed by atoms with Gasteiger partial charge in [0.25, 0.3) is 11.5 Å². The van der Waals surface area contributed by atoms with Gasteiger partial charge in [-0.25, -0.2) is 4.79 Å². The molecule has 2 aromatic carbocycles. The van der Waals surface area contributed by atoms with E-state index in [0.29, 0.717) is 22.5 Å². The van der Waals surface area contributed by atoms with Crippen LogP contribution >= 0.6 is 0 Å². The van der Waals surface area contributed by atoms with E-state index < -0.39 is 23.5 Å². The lowest BCUT2D eigenvalue weighted by molar-refractivity contribution is -0.136. The first-order chi connectivity index (χ1) is 15.4. The third kappa shape index (κ3) is 4.41. The van der Waals surface area contributed by atoms with Crippen molar-refractivity contribution in [1.29, 1.82) is 0 Å². The largest absolute Gasteiger partial charge is 0.497 e. The summed E-state index contributed by atoms with van der Waals surface area (Å²) in [5.41, 5.74) is 1.14. The van der Waals surface area contributed by atoms with Crippen LogP contribution in [0.2, 0.25) is 0 Å². The Morgan fingerprint density at radius 2 is 1.97 bits per heavy atom. The van der Waals surface area contributed by atoms with E-state index in [0.717, 1.165) is 4.68 Å². The molecule has 1 fully saturated rings. The molecule has 0 radical (unpaired) electrons. The number of hydrogen-bond donors (Lipinski definition) is 3. The fourth-order valence-corrected chi connectivity index (χ4v) is 3.36. The van der Waals surface area contributed by atoms with Gasteiger partial charge >= 0.3 is 6.03 Å². The Morgan fingerprint density at radius 3 is 2.69 bits per heavy atom. The number of urea groups is 1. The average Bonchev–Trinajstić information content (AvgIpc) is 2.79. The third-order valence-electron chi connectivity index (χ3n) is 5.05. The highest BCUT2D eigenvalue weighted by Gasteiger charge is 2.30. The van der Waals surface area contributed by atoms with Gasteiger partial charge in [-0.05, 0) is 48.4 Å². The summed E-state index contributed by atoms with van der Waals surface area (Å²) in [4.78, 5) is 48.6. The predicted octanol–water partition coefficient (Wildman–Crippen LogP) is 1.10. The summed E-state index contributed by atoms with van der Waals surface area (Å²) in [5.74, 6) is -0.280. The summed E-state index contributed by atoms with van der Waals surface area (Å²) in [6.07, 6.45) is 0.299. The summed E-state index contributed by atoms with van der Waals surface area (Å²) in [6.45, 7) is 0.165. The van der Waals surface area contributed by atoms with Crippen molar-refractivity contribution in [3.63, 3.8) is 0 Å². The normalized spacial score (nSPS) is 15.8. The van der Waals surface area contributed by atoms with E-state index in [2.05, 4.69) is 26.3 Å². The number of fused-ring (bicyclic) bond motifs is 1. The molecule has 3 N–H and O–H groups in total. The maximum absolute atomic E-state index is 12.9. The van der Waals surface area contributed by atoms with Crippen molar-refractivity contribution in [2.24, 2.45) is 0 Å². The van der Waals surface area contributed by atoms with Gasteiger partial charge in [-0.2, -0.15) is 4.68 Å². The van der Waals surface area contributed by atoms with Gasteiger partial charge in [0.15, 0.2) is 0 Å². The van der Waals surface area contributed by atoms with Crippen molar-refractivity contribution in [2.75, 3.05) is 12.4 Å². The minimum atomic E-state index is -0.894. The van der Waals surface area contributed by atoms with Gasteiger partial charge in [-0.15, -0.1) is 5.10 Å². The summed E-state index contributed by atoms with van der Waals surface area (Å²) < 4.78 is 6.08. The smallest absolute Gasteiger partial charge is 0.319 e. The number of nitrogens with zero attached hydrogens (tertiary/aromatic N) is 3. The Morgan fingerprint density at radius 1 is 1.19 bits per heavy atom. The third-order valence-corrected chi connectivity index (χ3v) is 5.05. The molecule has 4 rings (SSSR count). The summed E-state index contributed by atoms with van der Waals surface area (Å²) in [6, 6.07) is 10.5. The van der Waals surface area contributed by atoms with Crippen LogP contribution < -0.4 is 26.2 Å². The number of aromatic nitrogens is 3. The SMILES string of the molecule is COc1ccc(NC(=O)NCc2ccc3nnn(C4CCC(=O)NC4=O)c(=O)c3c2)cc1. The van der Waals surface area contributed by atoms with E-state index in [4.69, 9.17) is 4.74 Å². The van der Waals surface area contributed by atoms with Crippen LogP contribution in [0.15, 0.2) is 47.3 Å². The standard InChI is InChI=1S/C21H20N6O5/c1-32-14-5-3-13(4-6-14)23-21(31)22-11-12-2-7-16-15(10-12)20(30)27(26-25-16)17-8-9-18(28)24-19(17)29/h2-7,10,17H,8-9,11H2,1H3,(H2,22,23,31)(H,24,28,29). The van der Waals surface area contributed by atoms with Crippen LogP contribution in [0.3, 0.4) is 0 Å². The summed E-state index contributed by atoms with van der Waals surface area (Å²) >= 11 is 0. The number of hydrogen-bond acceptors (Lipinski definition) is 7. The molecule has 4 amide bonds.